The lowest BCUT2D eigenvalue weighted by molar-refractivity contribution is -0.140. The Balaban J connectivity index is 1.62. The van der Waals surface area contributed by atoms with E-state index in [9.17, 15) is 13.2 Å². The SMILES string of the molecule is Cc1ccnc2c1C1CCC(CC1)OC[C@H]1[C@@H](NS(=O)(=O)C(C)C)CCCN1C(=O)CO2. The van der Waals surface area contributed by atoms with Crippen molar-refractivity contribution in [3.05, 3.63) is 23.4 Å². The number of fused-ring (bicyclic) bond motifs is 5. The molecule has 2 bridgehead atoms. The summed E-state index contributed by atoms with van der Waals surface area (Å²) in [5, 5.41) is -0.534. The van der Waals surface area contributed by atoms with Crippen LogP contribution in [0.15, 0.2) is 12.3 Å². The van der Waals surface area contributed by atoms with Crippen LogP contribution >= 0.6 is 0 Å². The molecule has 0 radical (unpaired) electrons. The number of hydrogen-bond acceptors (Lipinski definition) is 6. The number of aryl methyl sites for hydroxylation is 1. The number of rotatable bonds is 3. The minimum atomic E-state index is -3.46. The minimum absolute atomic E-state index is 0.111. The third-order valence-corrected chi connectivity index (χ3v) is 9.00. The Hall–Kier alpha value is -1.71. The maximum Gasteiger partial charge on any atom is 0.260 e. The molecule has 1 saturated carbocycles. The summed E-state index contributed by atoms with van der Waals surface area (Å²) in [6.07, 6.45) is 7.09. The van der Waals surface area contributed by atoms with Crippen LogP contribution in [0.1, 0.15) is 69.4 Å². The van der Waals surface area contributed by atoms with Crippen molar-refractivity contribution in [2.45, 2.75) is 88.7 Å². The molecule has 4 heterocycles. The van der Waals surface area contributed by atoms with Gasteiger partial charge in [0.05, 0.1) is 24.0 Å². The van der Waals surface area contributed by atoms with Crippen LogP contribution in [0.4, 0.5) is 0 Å². The van der Waals surface area contributed by atoms with Gasteiger partial charge in [-0.2, -0.15) is 0 Å². The smallest absolute Gasteiger partial charge is 0.260 e. The number of sulfonamides is 1. The van der Waals surface area contributed by atoms with Gasteiger partial charge in [0.25, 0.3) is 5.91 Å². The fraction of sp³-hybridized carbons (Fsp3) is 0.739. The molecule has 5 rings (SSSR count). The predicted molar refractivity (Wildman–Crippen MR) is 121 cm³/mol. The summed E-state index contributed by atoms with van der Waals surface area (Å²) in [7, 11) is -3.46. The van der Waals surface area contributed by atoms with Crippen molar-refractivity contribution in [1.29, 1.82) is 0 Å². The molecular weight excluding hydrogens is 430 g/mol. The van der Waals surface area contributed by atoms with Crippen LogP contribution in [0.5, 0.6) is 5.88 Å². The molecule has 1 amide bonds. The Morgan fingerprint density at radius 1 is 1.19 bits per heavy atom. The average Bonchev–Trinajstić information content (AvgIpc) is 2.77. The topological polar surface area (TPSA) is 97.8 Å². The lowest BCUT2D eigenvalue weighted by Crippen LogP contribution is -2.60. The number of piperidine rings is 1. The summed E-state index contributed by atoms with van der Waals surface area (Å²) in [5.74, 6) is 0.739. The molecule has 1 aromatic rings. The highest BCUT2D eigenvalue weighted by Gasteiger charge is 2.39. The van der Waals surface area contributed by atoms with Crippen LogP contribution in [-0.2, 0) is 19.6 Å². The van der Waals surface area contributed by atoms with E-state index in [0.717, 1.165) is 43.2 Å². The zero-order valence-electron chi connectivity index (χ0n) is 19.2. The third kappa shape index (κ3) is 4.94. The first-order chi connectivity index (χ1) is 15.3. The number of nitrogens with one attached hydrogen (secondary N) is 1. The molecule has 1 N–H and O–H groups in total. The molecule has 1 saturated heterocycles. The Morgan fingerprint density at radius 2 is 1.94 bits per heavy atom. The van der Waals surface area contributed by atoms with Crippen LogP contribution in [0.25, 0.3) is 0 Å². The van der Waals surface area contributed by atoms with Crippen LogP contribution in [0.2, 0.25) is 0 Å². The van der Waals surface area contributed by atoms with Gasteiger partial charge in [0, 0.05) is 24.3 Å². The maximum absolute atomic E-state index is 13.2. The van der Waals surface area contributed by atoms with E-state index in [1.54, 1.807) is 24.9 Å². The number of pyridine rings is 1. The summed E-state index contributed by atoms with van der Waals surface area (Å²) in [6.45, 7) is 6.17. The minimum Gasteiger partial charge on any atom is -0.467 e. The van der Waals surface area contributed by atoms with E-state index < -0.39 is 15.3 Å². The van der Waals surface area contributed by atoms with Gasteiger partial charge in [0.1, 0.15) is 0 Å². The van der Waals surface area contributed by atoms with Crippen molar-refractivity contribution in [2.24, 2.45) is 0 Å². The second-order valence-electron chi connectivity index (χ2n) is 9.56. The zero-order valence-corrected chi connectivity index (χ0v) is 20.1. The number of amides is 1. The van der Waals surface area contributed by atoms with E-state index in [1.165, 1.54) is 0 Å². The van der Waals surface area contributed by atoms with Crippen molar-refractivity contribution in [3.63, 3.8) is 0 Å². The lowest BCUT2D eigenvalue weighted by Gasteiger charge is -2.42. The van der Waals surface area contributed by atoms with Gasteiger partial charge in [-0.25, -0.2) is 18.1 Å². The summed E-state index contributed by atoms with van der Waals surface area (Å²) < 4.78 is 40.3. The molecule has 178 valence electrons. The van der Waals surface area contributed by atoms with Gasteiger partial charge in [-0.3, -0.25) is 4.79 Å². The average molecular weight is 466 g/mol. The summed E-state index contributed by atoms with van der Waals surface area (Å²) >= 11 is 0. The Morgan fingerprint density at radius 3 is 2.66 bits per heavy atom. The summed E-state index contributed by atoms with van der Waals surface area (Å²) in [5.41, 5.74) is 2.25. The molecule has 8 nitrogen and oxygen atoms in total. The molecule has 9 heteroatoms. The highest BCUT2D eigenvalue weighted by Crippen LogP contribution is 2.39. The van der Waals surface area contributed by atoms with E-state index >= 15 is 0 Å². The fourth-order valence-electron chi connectivity index (χ4n) is 5.18. The van der Waals surface area contributed by atoms with E-state index in [0.29, 0.717) is 31.4 Å². The molecule has 2 atom stereocenters. The van der Waals surface area contributed by atoms with Crippen molar-refractivity contribution >= 4 is 15.9 Å². The molecule has 0 spiro atoms. The fourth-order valence-corrected chi connectivity index (χ4v) is 6.15. The second-order valence-corrected chi connectivity index (χ2v) is 11.8. The maximum atomic E-state index is 13.2. The highest BCUT2D eigenvalue weighted by molar-refractivity contribution is 7.90. The van der Waals surface area contributed by atoms with Crippen molar-refractivity contribution < 1.29 is 22.7 Å². The van der Waals surface area contributed by atoms with Crippen LogP contribution in [0, 0.1) is 6.92 Å². The monoisotopic (exact) mass is 465 g/mol. The van der Waals surface area contributed by atoms with Gasteiger partial charge in [0.15, 0.2) is 6.61 Å². The molecule has 32 heavy (non-hydrogen) atoms. The highest BCUT2D eigenvalue weighted by atomic mass is 32.2. The molecule has 1 aromatic heterocycles. The number of aromatic nitrogens is 1. The normalized spacial score (nSPS) is 29.4. The molecule has 0 aromatic carbocycles. The van der Waals surface area contributed by atoms with Gasteiger partial charge in [-0.05, 0) is 76.8 Å². The van der Waals surface area contributed by atoms with E-state index in [1.807, 2.05) is 6.07 Å². The third-order valence-electron chi connectivity index (χ3n) is 7.12. The van der Waals surface area contributed by atoms with Crippen LogP contribution in [-0.4, -0.2) is 67.4 Å². The number of hydrogen-bond donors (Lipinski definition) is 1. The van der Waals surface area contributed by atoms with E-state index in [4.69, 9.17) is 9.47 Å². The number of carbonyl (C=O) groups is 1. The van der Waals surface area contributed by atoms with Crippen molar-refractivity contribution in [3.8, 4) is 5.88 Å². The van der Waals surface area contributed by atoms with Crippen molar-refractivity contribution in [2.75, 3.05) is 19.8 Å². The number of nitrogens with zero attached hydrogens (tertiary/aromatic N) is 2. The molecule has 4 aliphatic rings. The first-order valence-electron chi connectivity index (χ1n) is 11.8. The Labute approximate surface area is 191 Å². The van der Waals surface area contributed by atoms with E-state index in [2.05, 4.69) is 16.6 Å². The molecule has 1 aliphatic carbocycles. The second kappa shape index (κ2) is 9.65. The predicted octanol–water partition coefficient (Wildman–Crippen LogP) is 2.51. The number of carbonyl (C=O) groups excluding carboxylic acids is 1. The Bertz CT molecular complexity index is 928. The van der Waals surface area contributed by atoms with Gasteiger partial charge in [0.2, 0.25) is 15.9 Å². The van der Waals surface area contributed by atoms with E-state index in [-0.39, 0.29) is 30.7 Å². The molecule has 3 aliphatic heterocycles. The summed E-state index contributed by atoms with van der Waals surface area (Å²) in [4.78, 5) is 19.4. The van der Waals surface area contributed by atoms with Gasteiger partial charge in [-0.1, -0.05) is 0 Å². The van der Waals surface area contributed by atoms with Gasteiger partial charge >= 0.3 is 0 Å². The lowest BCUT2D eigenvalue weighted by atomic mass is 9.81. The molecular formula is C23H35N3O5S. The zero-order chi connectivity index (χ0) is 22.9. The van der Waals surface area contributed by atoms with Crippen LogP contribution in [0.3, 0.4) is 0 Å². The molecule has 0 unspecified atom stereocenters. The van der Waals surface area contributed by atoms with Crippen LogP contribution < -0.4 is 9.46 Å². The van der Waals surface area contributed by atoms with Gasteiger partial charge in [-0.15, -0.1) is 0 Å². The quantitative estimate of drug-likeness (QED) is 0.737. The summed E-state index contributed by atoms with van der Waals surface area (Å²) in [6, 6.07) is 1.28. The Kier molecular flexibility index (Phi) is 7.07. The van der Waals surface area contributed by atoms with Gasteiger partial charge < -0.3 is 14.4 Å². The first-order valence-corrected chi connectivity index (χ1v) is 13.3. The largest absolute Gasteiger partial charge is 0.467 e. The standard InChI is InChI=1S/C23H35N3O5S/c1-15(2)32(28,29)25-19-5-4-12-26-20(19)13-30-18-8-6-17(7-9-18)22-16(3)10-11-24-23(22)31-14-21(26)27/h10-11,15,17-20,25H,4-9,12-14H2,1-3H3/t17?,18?,19-,20-/m0/s1. The van der Waals surface area contributed by atoms with Crippen molar-refractivity contribution in [1.82, 2.24) is 14.6 Å². The number of ether oxygens (including phenoxy) is 2. The molecule has 2 fully saturated rings. The first kappa shape index (κ1) is 23.4.